The van der Waals surface area contributed by atoms with E-state index < -0.39 is 49.1 Å². The van der Waals surface area contributed by atoms with Gasteiger partial charge < -0.3 is 10.4 Å². The molecule has 0 spiro atoms. The van der Waals surface area contributed by atoms with Crippen molar-refractivity contribution in [3.05, 3.63) is 0 Å². The van der Waals surface area contributed by atoms with Gasteiger partial charge in [0.25, 0.3) is 0 Å². The van der Waals surface area contributed by atoms with Crippen LogP contribution in [-0.4, -0.2) is 63.4 Å². The van der Waals surface area contributed by atoms with Gasteiger partial charge in [0.05, 0.1) is 17.3 Å². The Bertz CT molecular complexity index is 535. The van der Waals surface area contributed by atoms with Crippen molar-refractivity contribution in [3.63, 3.8) is 0 Å². The van der Waals surface area contributed by atoms with Crippen LogP contribution in [0.25, 0.3) is 0 Å². The minimum atomic E-state index is -3.75. The first kappa shape index (κ1) is 17.8. The molecular weight excluding hydrogens is 298 g/mol. The molecule has 8 nitrogen and oxygen atoms in total. The highest BCUT2D eigenvalue weighted by Gasteiger charge is 2.25. The molecule has 0 aromatic rings. The van der Waals surface area contributed by atoms with E-state index in [-0.39, 0.29) is 12.2 Å². The molecule has 0 saturated carbocycles. The van der Waals surface area contributed by atoms with Crippen LogP contribution in [-0.2, 0) is 29.3 Å². The summed E-state index contributed by atoms with van der Waals surface area (Å²) in [4.78, 5) is 21.5. The number of carbonyl (C=O) groups excluding carboxylic acids is 1. The Morgan fingerprint density at radius 2 is 1.68 bits per heavy atom. The maximum atomic E-state index is 11.6. The molecule has 0 aliphatic heterocycles. The van der Waals surface area contributed by atoms with Gasteiger partial charge in [-0.05, 0) is 6.42 Å². The molecule has 0 heterocycles. The van der Waals surface area contributed by atoms with E-state index in [4.69, 9.17) is 5.11 Å². The van der Waals surface area contributed by atoms with E-state index in [0.717, 1.165) is 13.2 Å². The first-order valence-corrected chi connectivity index (χ1v) is 9.19. The van der Waals surface area contributed by atoms with Crippen LogP contribution < -0.4 is 5.32 Å². The van der Waals surface area contributed by atoms with Crippen LogP contribution in [0.15, 0.2) is 0 Å². The van der Waals surface area contributed by atoms with Gasteiger partial charge in [-0.25, -0.2) is 21.6 Å². The summed E-state index contributed by atoms with van der Waals surface area (Å²) in [6.07, 6.45) is 0.880. The van der Waals surface area contributed by atoms with Crippen molar-refractivity contribution in [2.24, 2.45) is 0 Å². The molecule has 0 radical (unpaired) electrons. The highest BCUT2D eigenvalue weighted by molar-refractivity contribution is 7.92. The molecule has 0 fully saturated rings. The lowest BCUT2D eigenvalue weighted by molar-refractivity contribution is -0.140. The Kier molecular flexibility index (Phi) is 6.43. The van der Waals surface area contributed by atoms with Gasteiger partial charge in [-0.2, -0.15) is 0 Å². The predicted molar refractivity (Wildman–Crippen MR) is 68.2 cm³/mol. The molecule has 0 unspecified atom stereocenters. The molecule has 0 bridgehead atoms. The number of rotatable bonds is 8. The average Bonchev–Trinajstić information content (AvgIpc) is 2.12. The molecule has 1 amide bonds. The number of nitrogens with one attached hydrogen (secondary N) is 1. The summed E-state index contributed by atoms with van der Waals surface area (Å²) in [6.45, 7) is 1.08. The highest BCUT2D eigenvalue weighted by Crippen LogP contribution is 2.01. The summed E-state index contributed by atoms with van der Waals surface area (Å²) in [6, 6.07) is -1.53. The van der Waals surface area contributed by atoms with E-state index in [2.05, 4.69) is 0 Å². The van der Waals surface area contributed by atoms with E-state index in [1.807, 2.05) is 5.32 Å². The number of sulfone groups is 2. The molecule has 10 heteroatoms. The van der Waals surface area contributed by atoms with Gasteiger partial charge in [-0.3, -0.25) is 4.79 Å². The second-order valence-corrected chi connectivity index (χ2v) is 8.68. The number of amides is 1. The Balaban J connectivity index is 4.56. The Hall–Kier alpha value is -1.16. The smallest absolute Gasteiger partial charge is 0.327 e. The van der Waals surface area contributed by atoms with Crippen LogP contribution in [0.4, 0.5) is 0 Å². The van der Waals surface area contributed by atoms with Gasteiger partial charge in [0.15, 0.2) is 9.84 Å². The van der Waals surface area contributed by atoms with Gasteiger partial charge >= 0.3 is 5.97 Å². The molecule has 112 valence electrons. The van der Waals surface area contributed by atoms with Crippen LogP contribution in [0.5, 0.6) is 0 Å². The zero-order valence-corrected chi connectivity index (χ0v) is 12.3. The monoisotopic (exact) mass is 315 g/mol. The molecule has 0 aliphatic rings. The zero-order valence-electron chi connectivity index (χ0n) is 10.6. The summed E-state index contributed by atoms with van der Waals surface area (Å²) in [5, 5.41) is 10.8. The van der Waals surface area contributed by atoms with Crippen molar-refractivity contribution in [2.75, 3.05) is 23.5 Å². The number of carbonyl (C=O) groups is 2. The van der Waals surface area contributed by atoms with Crippen molar-refractivity contribution in [2.45, 2.75) is 19.4 Å². The first-order chi connectivity index (χ1) is 8.43. The summed E-state index contributed by atoms with van der Waals surface area (Å²) in [5.41, 5.74) is 0. The standard InChI is InChI=1S/C9H17NO7S2/c1-7(11)10-8(9(12)13)6-19(16,17)5-3-4-18(2,14)15/h8H,3-6H2,1-2H3,(H,10,11)(H,12,13)/t8-/m0/s1. The number of carboxylic acid groups (broad SMARTS) is 1. The number of hydrogen-bond donors (Lipinski definition) is 2. The number of hydrogen-bond acceptors (Lipinski definition) is 6. The highest BCUT2D eigenvalue weighted by atomic mass is 32.2. The summed E-state index contributed by atoms with van der Waals surface area (Å²) in [7, 11) is -7.01. The fourth-order valence-corrected chi connectivity index (χ4v) is 3.63. The molecular formula is C9H17NO7S2. The Labute approximate surface area is 112 Å². The second kappa shape index (κ2) is 6.85. The van der Waals surface area contributed by atoms with Crippen molar-refractivity contribution in [1.82, 2.24) is 5.32 Å². The van der Waals surface area contributed by atoms with Crippen LogP contribution in [0, 0.1) is 0 Å². The third kappa shape index (κ3) is 9.42. The molecule has 2 N–H and O–H groups in total. The van der Waals surface area contributed by atoms with Crippen molar-refractivity contribution in [3.8, 4) is 0 Å². The molecule has 0 rings (SSSR count). The van der Waals surface area contributed by atoms with E-state index in [1.54, 1.807) is 0 Å². The number of carboxylic acids is 1. The summed E-state index contributed by atoms with van der Waals surface area (Å²) in [5.74, 6) is -3.60. The quantitative estimate of drug-likeness (QED) is 0.552. The predicted octanol–water partition coefficient (Wildman–Crippen LogP) is -1.57. The second-order valence-electron chi connectivity index (χ2n) is 4.19. The maximum Gasteiger partial charge on any atom is 0.327 e. The summed E-state index contributed by atoms with van der Waals surface area (Å²) >= 11 is 0. The lowest BCUT2D eigenvalue weighted by atomic mass is 10.3. The van der Waals surface area contributed by atoms with Crippen LogP contribution in [0.1, 0.15) is 13.3 Å². The van der Waals surface area contributed by atoms with E-state index in [9.17, 15) is 26.4 Å². The van der Waals surface area contributed by atoms with Crippen molar-refractivity contribution >= 4 is 31.6 Å². The molecule has 0 saturated heterocycles. The fourth-order valence-electron chi connectivity index (χ4n) is 1.30. The van der Waals surface area contributed by atoms with Crippen LogP contribution >= 0.6 is 0 Å². The SMILES string of the molecule is CC(=O)N[C@@H](CS(=O)(=O)CCCS(C)(=O)=O)C(=O)O. The molecule has 0 aromatic heterocycles. The normalized spacial score (nSPS) is 13.8. The van der Waals surface area contributed by atoms with Gasteiger partial charge in [0.1, 0.15) is 15.9 Å². The fraction of sp³-hybridized carbons (Fsp3) is 0.778. The Morgan fingerprint density at radius 1 is 1.16 bits per heavy atom. The molecule has 0 aromatic carbocycles. The largest absolute Gasteiger partial charge is 0.480 e. The average molecular weight is 315 g/mol. The van der Waals surface area contributed by atoms with Gasteiger partial charge in [-0.15, -0.1) is 0 Å². The molecule has 1 atom stereocenters. The topological polar surface area (TPSA) is 135 Å². The lowest BCUT2D eigenvalue weighted by Gasteiger charge is -2.13. The third-order valence-electron chi connectivity index (χ3n) is 2.07. The van der Waals surface area contributed by atoms with Gasteiger partial charge in [-0.1, -0.05) is 0 Å². The van der Waals surface area contributed by atoms with E-state index >= 15 is 0 Å². The number of aliphatic carboxylic acids is 1. The first-order valence-electron chi connectivity index (χ1n) is 5.31. The maximum absolute atomic E-state index is 11.6. The van der Waals surface area contributed by atoms with Gasteiger partial charge in [0, 0.05) is 13.2 Å². The van der Waals surface area contributed by atoms with Crippen LogP contribution in [0.3, 0.4) is 0 Å². The van der Waals surface area contributed by atoms with Crippen molar-refractivity contribution in [1.29, 1.82) is 0 Å². The zero-order chi connectivity index (χ0) is 15.3. The Morgan fingerprint density at radius 3 is 2.05 bits per heavy atom. The molecule has 19 heavy (non-hydrogen) atoms. The van der Waals surface area contributed by atoms with E-state index in [0.29, 0.717) is 0 Å². The van der Waals surface area contributed by atoms with Crippen LogP contribution in [0.2, 0.25) is 0 Å². The summed E-state index contributed by atoms with van der Waals surface area (Å²) < 4.78 is 44.9. The molecule has 0 aliphatic carbocycles. The van der Waals surface area contributed by atoms with Crippen molar-refractivity contribution < 1.29 is 31.5 Å². The van der Waals surface area contributed by atoms with Gasteiger partial charge in [0.2, 0.25) is 5.91 Å². The minimum absolute atomic E-state index is 0.104. The minimum Gasteiger partial charge on any atom is -0.480 e. The van der Waals surface area contributed by atoms with E-state index in [1.165, 1.54) is 0 Å². The lowest BCUT2D eigenvalue weighted by Crippen LogP contribution is -2.44. The third-order valence-corrected chi connectivity index (χ3v) is 4.85.